The van der Waals surface area contributed by atoms with Gasteiger partial charge in [0.15, 0.2) is 11.6 Å². The number of thiol groups is 1. The molecule has 0 N–H and O–H groups in total. The fourth-order valence-electron chi connectivity index (χ4n) is 1.43. The number of halogens is 2. The first-order valence-corrected chi connectivity index (χ1v) is 6.78. The third-order valence-electron chi connectivity index (χ3n) is 2.32. The summed E-state index contributed by atoms with van der Waals surface area (Å²) in [5, 5.41) is 0. The van der Waals surface area contributed by atoms with E-state index in [1.165, 1.54) is 6.07 Å². The molecule has 0 aliphatic rings. The molecule has 0 bridgehead atoms. The predicted octanol–water partition coefficient (Wildman–Crippen LogP) is 4.31. The molecule has 0 spiro atoms. The van der Waals surface area contributed by atoms with E-state index in [2.05, 4.69) is 35.5 Å². The Hall–Kier alpha value is -0.220. The molecule has 0 saturated carbocycles. The van der Waals surface area contributed by atoms with Gasteiger partial charge in [-0.15, -0.1) is 0 Å². The van der Waals surface area contributed by atoms with Gasteiger partial charge in [-0.3, -0.25) is 0 Å². The SMILES string of the molecule is CCCC(CS)COc1cc(Br)ccc1F. The monoisotopic (exact) mass is 306 g/mol. The quantitative estimate of drug-likeness (QED) is 0.770. The molecule has 1 rings (SSSR count). The maximum Gasteiger partial charge on any atom is 0.165 e. The van der Waals surface area contributed by atoms with Crippen molar-refractivity contribution in [2.24, 2.45) is 5.92 Å². The van der Waals surface area contributed by atoms with Gasteiger partial charge in [0.1, 0.15) is 0 Å². The van der Waals surface area contributed by atoms with Crippen molar-refractivity contribution in [3.05, 3.63) is 28.5 Å². The molecule has 1 aromatic rings. The van der Waals surface area contributed by atoms with E-state index in [-0.39, 0.29) is 5.82 Å². The Morgan fingerprint density at radius 1 is 1.50 bits per heavy atom. The Morgan fingerprint density at radius 2 is 2.25 bits per heavy atom. The van der Waals surface area contributed by atoms with E-state index in [4.69, 9.17) is 4.74 Å². The molecule has 0 aliphatic heterocycles. The Balaban J connectivity index is 2.55. The second kappa shape index (κ2) is 7.17. The van der Waals surface area contributed by atoms with Crippen molar-refractivity contribution in [1.82, 2.24) is 0 Å². The van der Waals surface area contributed by atoms with Gasteiger partial charge in [-0.1, -0.05) is 29.3 Å². The first kappa shape index (κ1) is 13.8. The van der Waals surface area contributed by atoms with E-state index >= 15 is 0 Å². The van der Waals surface area contributed by atoms with Gasteiger partial charge in [0.2, 0.25) is 0 Å². The zero-order valence-corrected chi connectivity index (χ0v) is 11.7. The second-order valence-corrected chi connectivity index (χ2v) is 5.00. The fraction of sp³-hybridized carbons (Fsp3) is 0.500. The number of rotatable bonds is 6. The van der Waals surface area contributed by atoms with Gasteiger partial charge in [-0.2, -0.15) is 12.6 Å². The molecule has 90 valence electrons. The number of hydrogen-bond donors (Lipinski definition) is 1. The zero-order valence-electron chi connectivity index (χ0n) is 9.25. The standard InChI is InChI=1S/C12H16BrFOS/c1-2-3-9(8-16)7-15-12-6-10(13)4-5-11(12)14/h4-6,9,16H,2-3,7-8H2,1H3. The molecular formula is C12H16BrFOS. The summed E-state index contributed by atoms with van der Waals surface area (Å²) in [6, 6.07) is 4.70. The number of hydrogen-bond acceptors (Lipinski definition) is 2. The average Bonchev–Trinajstić information content (AvgIpc) is 2.28. The van der Waals surface area contributed by atoms with Crippen molar-refractivity contribution in [2.45, 2.75) is 19.8 Å². The highest BCUT2D eigenvalue weighted by atomic mass is 79.9. The highest BCUT2D eigenvalue weighted by Gasteiger charge is 2.09. The van der Waals surface area contributed by atoms with Crippen molar-refractivity contribution < 1.29 is 9.13 Å². The lowest BCUT2D eigenvalue weighted by Crippen LogP contribution is -2.14. The minimum absolute atomic E-state index is 0.303. The van der Waals surface area contributed by atoms with Crippen LogP contribution < -0.4 is 4.74 Å². The minimum Gasteiger partial charge on any atom is -0.490 e. The molecule has 16 heavy (non-hydrogen) atoms. The third-order valence-corrected chi connectivity index (χ3v) is 3.33. The number of ether oxygens (including phenoxy) is 1. The summed E-state index contributed by atoms with van der Waals surface area (Å²) in [5.74, 6) is 1.13. The summed E-state index contributed by atoms with van der Waals surface area (Å²) >= 11 is 7.55. The van der Waals surface area contributed by atoms with Crippen molar-refractivity contribution in [3.63, 3.8) is 0 Å². The van der Waals surface area contributed by atoms with E-state index in [0.717, 1.165) is 23.1 Å². The lowest BCUT2D eigenvalue weighted by atomic mass is 10.1. The van der Waals surface area contributed by atoms with E-state index < -0.39 is 0 Å². The van der Waals surface area contributed by atoms with Crippen molar-refractivity contribution in [2.75, 3.05) is 12.4 Å². The summed E-state index contributed by atoms with van der Waals surface area (Å²) in [4.78, 5) is 0. The lowest BCUT2D eigenvalue weighted by molar-refractivity contribution is 0.244. The van der Waals surface area contributed by atoms with Gasteiger partial charge < -0.3 is 4.74 Å². The van der Waals surface area contributed by atoms with Gasteiger partial charge in [0, 0.05) is 10.4 Å². The Kier molecular flexibility index (Phi) is 6.21. The van der Waals surface area contributed by atoms with Crippen LogP contribution in [0.1, 0.15) is 19.8 Å². The second-order valence-electron chi connectivity index (χ2n) is 3.72. The molecule has 0 saturated heterocycles. The Bertz CT molecular complexity index is 333. The maximum atomic E-state index is 13.3. The van der Waals surface area contributed by atoms with Gasteiger partial charge in [-0.05, 0) is 30.4 Å². The van der Waals surface area contributed by atoms with E-state index in [1.54, 1.807) is 12.1 Å². The van der Waals surface area contributed by atoms with E-state index in [1.807, 2.05) is 0 Å². The molecule has 0 aliphatic carbocycles. The topological polar surface area (TPSA) is 9.23 Å². The first-order chi connectivity index (χ1) is 7.67. The summed E-state index contributed by atoms with van der Waals surface area (Å²) in [5.41, 5.74) is 0. The average molecular weight is 307 g/mol. The molecule has 1 nitrogen and oxygen atoms in total. The van der Waals surface area contributed by atoms with Gasteiger partial charge in [0.05, 0.1) is 6.61 Å². The number of benzene rings is 1. The van der Waals surface area contributed by atoms with Crippen LogP contribution in [0.3, 0.4) is 0 Å². The van der Waals surface area contributed by atoms with Crippen LogP contribution in [-0.2, 0) is 0 Å². The molecule has 0 aromatic heterocycles. The zero-order chi connectivity index (χ0) is 12.0. The van der Waals surface area contributed by atoms with Crippen LogP contribution in [0, 0.1) is 11.7 Å². The normalized spacial score (nSPS) is 12.5. The van der Waals surface area contributed by atoms with Crippen molar-refractivity contribution in [1.29, 1.82) is 0 Å². The molecule has 1 aromatic carbocycles. The fourth-order valence-corrected chi connectivity index (χ4v) is 2.06. The highest BCUT2D eigenvalue weighted by molar-refractivity contribution is 9.10. The van der Waals surface area contributed by atoms with Crippen molar-refractivity contribution >= 4 is 28.6 Å². The molecule has 0 amide bonds. The van der Waals surface area contributed by atoms with Crippen LogP contribution >= 0.6 is 28.6 Å². The Morgan fingerprint density at radius 3 is 2.88 bits per heavy atom. The molecule has 0 fully saturated rings. The molecule has 1 atom stereocenters. The summed E-state index contributed by atoms with van der Waals surface area (Å²) in [7, 11) is 0. The van der Waals surface area contributed by atoms with E-state index in [0.29, 0.717) is 18.3 Å². The molecule has 4 heteroatoms. The lowest BCUT2D eigenvalue weighted by Gasteiger charge is -2.15. The van der Waals surface area contributed by atoms with Crippen LogP contribution in [0.2, 0.25) is 0 Å². The van der Waals surface area contributed by atoms with Crippen LogP contribution in [0.15, 0.2) is 22.7 Å². The van der Waals surface area contributed by atoms with Gasteiger partial charge in [-0.25, -0.2) is 4.39 Å². The van der Waals surface area contributed by atoms with Crippen LogP contribution in [0.4, 0.5) is 4.39 Å². The minimum atomic E-state index is -0.322. The van der Waals surface area contributed by atoms with Crippen LogP contribution in [0.5, 0.6) is 5.75 Å². The van der Waals surface area contributed by atoms with Gasteiger partial charge >= 0.3 is 0 Å². The van der Waals surface area contributed by atoms with E-state index in [9.17, 15) is 4.39 Å². The molecule has 0 radical (unpaired) electrons. The molecule has 1 unspecified atom stereocenters. The summed E-state index contributed by atoms with van der Waals surface area (Å²) in [6.07, 6.45) is 2.15. The Labute approximate surface area is 110 Å². The van der Waals surface area contributed by atoms with Crippen molar-refractivity contribution in [3.8, 4) is 5.75 Å². The highest BCUT2D eigenvalue weighted by Crippen LogP contribution is 2.23. The third kappa shape index (κ3) is 4.34. The largest absolute Gasteiger partial charge is 0.490 e. The maximum absolute atomic E-state index is 13.3. The first-order valence-electron chi connectivity index (χ1n) is 5.36. The summed E-state index contributed by atoms with van der Waals surface area (Å²) in [6.45, 7) is 2.64. The molecule has 0 heterocycles. The summed E-state index contributed by atoms with van der Waals surface area (Å²) < 4.78 is 19.6. The predicted molar refractivity (Wildman–Crippen MR) is 71.8 cm³/mol. The van der Waals surface area contributed by atoms with Crippen LogP contribution in [-0.4, -0.2) is 12.4 Å². The molecular weight excluding hydrogens is 291 g/mol. The smallest absolute Gasteiger partial charge is 0.165 e. The van der Waals surface area contributed by atoms with Crippen LogP contribution in [0.25, 0.3) is 0 Å². The van der Waals surface area contributed by atoms with Gasteiger partial charge in [0.25, 0.3) is 0 Å².